The van der Waals surface area contributed by atoms with Crippen molar-refractivity contribution in [1.82, 2.24) is 4.98 Å². The fraction of sp³-hybridized carbons (Fsp3) is 0.600. The summed E-state index contributed by atoms with van der Waals surface area (Å²) in [5.41, 5.74) is 0.897. The minimum Gasteiger partial charge on any atom is -0.490 e. The fourth-order valence-corrected chi connectivity index (χ4v) is 1.72. The number of pyridine rings is 1. The Morgan fingerprint density at radius 1 is 1.20 bits per heavy atom. The van der Waals surface area contributed by atoms with Crippen LogP contribution in [0.1, 0.15) is 50.7 Å². The van der Waals surface area contributed by atoms with Crippen LogP contribution in [0.4, 0.5) is 0 Å². The highest BCUT2D eigenvalue weighted by molar-refractivity contribution is 5.93. The summed E-state index contributed by atoms with van der Waals surface area (Å²) in [6.45, 7) is 11.4. The summed E-state index contributed by atoms with van der Waals surface area (Å²) < 4.78 is 16.3. The van der Waals surface area contributed by atoms with Crippen molar-refractivity contribution in [2.75, 3.05) is 6.61 Å². The maximum atomic E-state index is 12.0. The van der Waals surface area contributed by atoms with Crippen LogP contribution in [0.5, 0.6) is 11.6 Å². The van der Waals surface area contributed by atoms with E-state index in [-0.39, 0.29) is 12.2 Å². The quantitative estimate of drug-likeness (QED) is 0.750. The molecular formula is C15H23NO4. The molecule has 1 aromatic heterocycles. The Bertz CT molecular complexity index is 469. The zero-order valence-electron chi connectivity index (χ0n) is 13.0. The second kappa shape index (κ2) is 7.12. The maximum Gasteiger partial charge on any atom is 0.343 e. The Morgan fingerprint density at radius 3 is 2.30 bits per heavy atom. The summed E-state index contributed by atoms with van der Waals surface area (Å²) in [7, 11) is 0. The lowest BCUT2D eigenvalue weighted by atomic mass is 10.2. The van der Waals surface area contributed by atoms with Crippen molar-refractivity contribution in [3.05, 3.63) is 17.3 Å². The topological polar surface area (TPSA) is 57.7 Å². The standard InChI is InChI=1S/C15H23NO4/c1-7-18-15(17)14-11(6)16-13(20-10(4)5)8-12(14)19-9(2)3/h8-10H,7H2,1-6H3. The second-order valence-electron chi connectivity index (χ2n) is 4.97. The number of hydrogen-bond acceptors (Lipinski definition) is 5. The first kappa shape index (κ1) is 16.3. The Labute approximate surface area is 120 Å². The minimum absolute atomic E-state index is 0.00208. The number of carbonyl (C=O) groups excluding carboxylic acids is 1. The summed E-state index contributed by atoms with van der Waals surface area (Å²) in [4.78, 5) is 16.3. The van der Waals surface area contributed by atoms with Crippen LogP contribution in [0, 0.1) is 6.92 Å². The van der Waals surface area contributed by atoms with E-state index in [9.17, 15) is 4.79 Å². The number of carbonyl (C=O) groups is 1. The van der Waals surface area contributed by atoms with Crippen LogP contribution in [0.25, 0.3) is 0 Å². The van der Waals surface area contributed by atoms with Gasteiger partial charge in [0.25, 0.3) is 0 Å². The lowest BCUT2D eigenvalue weighted by molar-refractivity contribution is 0.0518. The number of aromatic nitrogens is 1. The first-order valence-corrected chi connectivity index (χ1v) is 6.87. The van der Waals surface area contributed by atoms with Crippen LogP contribution in [0.15, 0.2) is 6.07 Å². The molecule has 0 saturated heterocycles. The summed E-state index contributed by atoms with van der Waals surface area (Å²) in [5.74, 6) is 0.465. The number of hydrogen-bond donors (Lipinski definition) is 0. The third-order valence-electron chi connectivity index (χ3n) is 2.34. The van der Waals surface area contributed by atoms with E-state index in [2.05, 4.69) is 4.98 Å². The van der Waals surface area contributed by atoms with Gasteiger partial charge in [0.05, 0.1) is 24.5 Å². The van der Waals surface area contributed by atoms with E-state index in [0.29, 0.717) is 29.5 Å². The van der Waals surface area contributed by atoms with Gasteiger partial charge in [0.15, 0.2) is 0 Å². The van der Waals surface area contributed by atoms with Crippen molar-refractivity contribution < 1.29 is 19.0 Å². The van der Waals surface area contributed by atoms with Crippen LogP contribution >= 0.6 is 0 Å². The first-order chi connectivity index (χ1) is 9.35. The summed E-state index contributed by atoms with van der Waals surface area (Å²) in [6.07, 6.45) is -0.0564. The van der Waals surface area contributed by atoms with Crippen molar-refractivity contribution in [3.8, 4) is 11.6 Å². The lowest BCUT2D eigenvalue weighted by Crippen LogP contribution is -2.16. The number of nitrogens with zero attached hydrogens (tertiary/aromatic N) is 1. The molecule has 0 bridgehead atoms. The number of aryl methyl sites for hydroxylation is 1. The van der Waals surface area contributed by atoms with Gasteiger partial charge in [-0.1, -0.05) is 0 Å². The molecule has 0 spiro atoms. The average molecular weight is 281 g/mol. The largest absolute Gasteiger partial charge is 0.490 e. The minimum atomic E-state index is -0.427. The van der Waals surface area contributed by atoms with Crippen molar-refractivity contribution in [3.63, 3.8) is 0 Å². The van der Waals surface area contributed by atoms with Gasteiger partial charge in [0.1, 0.15) is 11.3 Å². The van der Waals surface area contributed by atoms with Gasteiger partial charge >= 0.3 is 5.97 Å². The highest BCUT2D eigenvalue weighted by Gasteiger charge is 2.21. The molecule has 0 radical (unpaired) electrons. The lowest BCUT2D eigenvalue weighted by Gasteiger charge is -2.17. The van der Waals surface area contributed by atoms with E-state index in [4.69, 9.17) is 14.2 Å². The number of rotatable bonds is 6. The molecule has 0 aliphatic rings. The fourth-order valence-electron chi connectivity index (χ4n) is 1.72. The van der Waals surface area contributed by atoms with Crippen LogP contribution in [-0.2, 0) is 4.74 Å². The normalized spacial score (nSPS) is 10.8. The third kappa shape index (κ3) is 4.40. The van der Waals surface area contributed by atoms with Crippen molar-refractivity contribution in [2.24, 2.45) is 0 Å². The molecule has 5 heteroatoms. The maximum absolute atomic E-state index is 12.0. The van der Waals surface area contributed by atoms with Crippen LogP contribution < -0.4 is 9.47 Å². The molecule has 0 fully saturated rings. The van der Waals surface area contributed by atoms with Crippen molar-refractivity contribution in [1.29, 1.82) is 0 Å². The van der Waals surface area contributed by atoms with Gasteiger partial charge in [-0.2, -0.15) is 0 Å². The zero-order chi connectivity index (χ0) is 15.3. The number of esters is 1. The van der Waals surface area contributed by atoms with Crippen LogP contribution in [0.3, 0.4) is 0 Å². The molecular weight excluding hydrogens is 258 g/mol. The van der Waals surface area contributed by atoms with Crippen molar-refractivity contribution in [2.45, 2.75) is 53.8 Å². The van der Waals surface area contributed by atoms with Crippen LogP contribution in [-0.4, -0.2) is 29.8 Å². The molecule has 1 aromatic rings. The Hall–Kier alpha value is -1.78. The molecule has 0 aliphatic heterocycles. The Balaban J connectivity index is 3.23. The summed E-state index contributed by atoms with van der Waals surface area (Å²) in [5, 5.41) is 0. The second-order valence-corrected chi connectivity index (χ2v) is 4.97. The van der Waals surface area contributed by atoms with Gasteiger partial charge < -0.3 is 14.2 Å². The molecule has 0 unspecified atom stereocenters. The van der Waals surface area contributed by atoms with Gasteiger partial charge in [-0.3, -0.25) is 0 Å². The highest BCUT2D eigenvalue weighted by Crippen LogP contribution is 2.28. The Morgan fingerprint density at radius 2 is 1.80 bits per heavy atom. The van der Waals surface area contributed by atoms with E-state index in [1.807, 2.05) is 27.7 Å². The Kier molecular flexibility index (Phi) is 5.80. The predicted molar refractivity (Wildman–Crippen MR) is 76.5 cm³/mol. The van der Waals surface area contributed by atoms with Gasteiger partial charge in [-0.25, -0.2) is 9.78 Å². The summed E-state index contributed by atoms with van der Waals surface area (Å²) >= 11 is 0. The van der Waals surface area contributed by atoms with Crippen LogP contribution in [0.2, 0.25) is 0 Å². The molecule has 5 nitrogen and oxygen atoms in total. The highest BCUT2D eigenvalue weighted by atomic mass is 16.5. The molecule has 0 saturated carbocycles. The van der Waals surface area contributed by atoms with Gasteiger partial charge in [-0.05, 0) is 41.5 Å². The molecule has 0 atom stereocenters. The monoisotopic (exact) mass is 281 g/mol. The predicted octanol–water partition coefficient (Wildman–Crippen LogP) is 3.14. The molecule has 0 aromatic carbocycles. The molecule has 0 amide bonds. The first-order valence-electron chi connectivity index (χ1n) is 6.87. The SMILES string of the molecule is CCOC(=O)c1c(OC(C)C)cc(OC(C)C)nc1C. The van der Waals surface area contributed by atoms with Gasteiger partial charge in [0.2, 0.25) is 5.88 Å². The third-order valence-corrected chi connectivity index (χ3v) is 2.34. The molecule has 20 heavy (non-hydrogen) atoms. The van der Waals surface area contributed by atoms with E-state index < -0.39 is 5.97 Å². The molecule has 1 rings (SSSR count). The average Bonchev–Trinajstić information content (AvgIpc) is 2.26. The van der Waals surface area contributed by atoms with Gasteiger partial charge in [-0.15, -0.1) is 0 Å². The molecule has 0 aliphatic carbocycles. The smallest absolute Gasteiger partial charge is 0.343 e. The number of ether oxygens (including phenoxy) is 3. The van der Waals surface area contributed by atoms with E-state index >= 15 is 0 Å². The molecule has 0 N–H and O–H groups in total. The molecule has 1 heterocycles. The van der Waals surface area contributed by atoms with E-state index in [1.165, 1.54) is 0 Å². The van der Waals surface area contributed by atoms with E-state index in [0.717, 1.165) is 0 Å². The molecule has 112 valence electrons. The van der Waals surface area contributed by atoms with Gasteiger partial charge in [0, 0.05) is 6.07 Å². The van der Waals surface area contributed by atoms with Crippen molar-refractivity contribution >= 4 is 5.97 Å². The van der Waals surface area contributed by atoms with E-state index in [1.54, 1.807) is 19.9 Å². The summed E-state index contributed by atoms with van der Waals surface area (Å²) in [6, 6.07) is 1.64. The zero-order valence-corrected chi connectivity index (χ0v) is 13.0.